The zero-order valence-electron chi connectivity index (χ0n) is 35.0. The van der Waals surface area contributed by atoms with Crippen LogP contribution in [-0.2, 0) is 29.4 Å². The fraction of sp³-hybridized carbons (Fsp3) is 0.787. The third-order valence-electron chi connectivity index (χ3n) is 17.4. The van der Waals surface area contributed by atoms with Gasteiger partial charge in [0.1, 0.15) is 0 Å². The molecule has 0 heterocycles. The summed E-state index contributed by atoms with van der Waals surface area (Å²) in [6.45, 7) is 19.7. The van der Waals surface area contributed by atoms with E-state index in [2.05, 4.69) is 60.3 Å². The molecule has 1 aromatic rings. The van der Waals surface area contributed by atoms with E-state index >= 15 is 0 Å². The van der Waals surface area contributed by atoms with Crippen molar-refractivity contribution in [2.75, 3.05) is 13.7 Å². The van der Waals surface area contributed by atoms with Crippen molar-refractivity contribution < 1.29 is 37.0 Å². The number of hydrogen-bond acceptors (Lipinski definition) is 5. The molecule has 0 aromatic heterocycles. The minimum absolute atomic E-state index is 0.101. The molecule has 55 heavy (non-hydrogen) atoms. The first-order valence-electron chi connectivity index (χ1n) is 21.3. The van der Waals surface area contributed by atoms with Crippen LogP contribution < -0.4 is 0 Å². The van der Waals surface area contributed by atoms with Gasteiger partial charge in [0.25, 0.3) is 5.60 Å². The number of halogens is 3. The van der Waals surface area contributed by atoms with Crippen molar-refractivity contribution in [3.8, 4) is 11.8 Å². The van der Waals surface area contributed by atoms with Crippen molar-refractivity contribution in [3.05, 3.63) is 35.9 Å². The SMILES string of the molecule is CCOC(=O)C#C[C@@H](CC[C@@H](C)[C@H]1CC[C@]2(C)[C@H]3CC[C@@H]4[C@@]5(C)CCCC(C)(C)[C@@H]5CC[C@@]4(C)[C@]3(C)CC[C@@H]12)OC(=O)[C@@](OC)(c1ccccc1)C(F)(F)F. The lowest BCUT2D eigenvalue weighted by Gasteiger charge is -2.73. The number of carbonyl (C=O) groups excluding carboxylic acids is 2. The molecule has 5 fully saturated rings. The lowest BCUT2D eigenvalue weighted by atomic mass is 9.32. The number of alkyl halides is 3. The molecule has 0 aliphatic heterocycles. The molecular weight excluding hydrogens is 702 g/mol. The molecule has 0 radical (unpaired) electrons. The maximum absolute atomic E-state index is 14.7. The molecule has 12 atom stereocenters. The predicted molar refractivity (Wildman–Crippen MR) is 208 cm³/mol. The van der Waals surface area contributed by atoms with Crippen LogP contribution in [0.15, 0.2) is 30.3 Å². The van der Waals surface area contributed by atoms with Gasteiger partial charge in [-0.3, -0.25) is 0 Å². The molecule has 0 amide bonds. The molecule has 8 heteroatoms. The Balaban J connectivity index is 1.19. The van der Waals surface area contributed by atoms with Gasteiger partial charge in [0.2, 0.25) is 0 Å². The average molecular weight is 769 g/mol. The van der Waals surface area contributed by atoms with Crippen LogP contribution in [0, 0.1) is 74.4 Å². The standard InChI is InChI=1S/C47H67F3O5/c1-10-54-39(51)22-19-33(55-40(52)46(53-9,47(48,49)50)32-15-12-11-13-16-32)18-17-31(2)34-23-28-42(5)35(34)24-29-44(7)37(42)20-21-38-43(6)27-14-26-41(3,4)36(43)25-30-45(38,44)8/h11-13,15-16,31,33-38H,10,14,17-18,20-21,23-30H2,1-9H3/t31-,33-,34-,35+,36+,37-,38-,42+,43+,44-,45-,46+/m1/s1. The maximum Gasteiger partial charge on any atom is 0.432 e. The summed E-state index contributed by atoms with van der Waals surface area (Å²) in [5.41, 5.74) is -2.05. The molecule has 0 saturated heterocycles. The zero-order chi connectivity index (χ0) is 40.2. The van der Waals surface area contributed by atoms with E-state index < -0.39 is 29.8 Å². The molecule has 0 unspecified atom stereocenters. The molecule has 5 aliphatic rings. The third kappa shape index (κ3) is 6.76. The Morgan fingerprint density at radius 1 is 0.818 bits per heavy atom. The quantitative estimate of drug-likeness (QED) is 0.142. The number of ether oxygens (including phenoxy) is 3. The first kappa shape index (κ1) is 42.1. The Morgan fingerprint density at radius 2 is 1.45 bits per heavy atom. The summed E-state index contributed by atoms with van der Waals surface area (Å²) in [6.07, 6.45) is 8.60. The maximum atomic E-state index is 14.7. The van der Waals surface area contributed by atoms with Crippen molar-refractivity contribution in [1.29, 1.82) is 0 Å². The largest absolute Gasteiger partial charge is 0.456 e. The highest BCUT2D eigenvalue weighted by atomic mass is 19.4. The van der Waals surface area contributed by atoms with E-state index in [1.54, 1.807) is 13.0 Å². The van der Waals surface area contributed by atoms with Gasteiger partial charge in [0.05, 0.1) is 6.61 Å². The average Bonchev–Trinajstić information content (AvgIpc) is 3.46. The van der Waals surface area contributed by atoms with Crippen molar-refractivity contribution in [2.45, 2.75) is 157 Å². The number of rotatable bonds is 9. The van der Waals surface area contributed by atoms with Gasteiger partial charge in [0.15, 0.2) is 6.10 Å². The Morgan fingerprint density at radius 3 is 2.07 bits per heavy atom. The van der Waals surface area contributed by atoms with Crippen molar-refractivity contribution in [2.24, 2.45) is 62.6 Å². The monoisotopic (exact) mass is 768 g/mol. The van der Waals surface area contributed by atoms with E-state index in [1.807, 2.05) is 0 Å². The lowest BCUT2D eigenvalue weighted by molar-refractivity contribution is -0.277. The van der Waals surface area contributed by atoms with Gasteiger partial charge in [-0.2, -0.15) is 13.2 Å². The number of fused-ring (bicyclic) bond motifs is 7. The third-order valence-corrected chi connectivity index (χ3v) is 17.4. The first-order valence-corrected chi connectivity index (χ1v) is 21.3. The molecule has 6 rings (SSSR count). The summed E-state index contributed by atoms with van der Waals surface area (Å²) < 4.78 is 59.8. The summed E-state index contributed by atoms with van der Waals surface area (Å²) >= 11 is 0. The van der Waals surface area contributed by atoms with Crippen LogP contribution in [0.3, 0.4) is 0 Å². The van der Waals surface area contributed by atoms with E-state index in [4.69, 9.17) is 14.2 Å². The van der Waals surface area contributed by atoms with Crippen LogP contribution in [0.5, 0.6) is 0 Å². The number of carbonyl (C=O) groups is 2. The van der Waals surface area contributed by atoms with Crippen LogP contribution in [0.2, 0.25) is 0 Å². The molecule has 0 bridgehead atoms. The van der Waals surface area contributed by atoms with Crippen molar-refractivity contribution in [3.63, 3.8) is 0 Å². The summed E-state index contributed by atoms with van der Waals surface area (Å²) in [5, 5.41) is 0. The highest BCUT2D eigenvalue weighted by molar-refractivity contribution is 5.88. The number of benzene rings is 1. The summed E-state index contributed by atoms with van der Waals surface area (Å²) in [7, 11) is 0.851. The fourth-order valence-corrected chi connectivity index (χ4v) is 14.7. The smallest absolute Gasteiger partial charge is 0.432 e. The van der Waals surface area contributed by atoms with Gasteiger partial charge < -0.3 is 14.2 Å². The minimum Gasteiger partial charge on any atom is -0.456 e. The van der Waals surface area contributed by atoms with E-state index in [1.165, 1.54) is 88.5 Å². The second-order valence-corrected chi connectivity index (χ2v) is 20.0. The van der Waals surface area contributed by atoms with Crippen LogP contribution in [0.1, 0.15) is 144 Å². The van der Waals surface area contributed by atoms with Gasteiger partial charge in [0, 0.05) is 18.6 Å². The van der Waals surface area contributed by atoms with Crippen LogP contribution in [0.4, 0.5) is 13.2 Å². The Labute approximate surface area is 329 Å². The van der Waals surface area contributed by atoms with Gasteiger partial charge >= 0.3 is 18.1 Å². The van der Waals surface area contributed by atoms with Crippen LogP contribution >= 0.6 is 0 Å². The van der Waals surface area contributed by atoms with E-state index in [0.717, 1.165) is 25.4 Å². The van der Waals surface area contributed by atoms with Gasteiger partial charge in [-0.05, 0) is 152 Å². The second-order valence-electron chi connectivity index (χ2n) is 20.0. The molecule has 5 aliphatic carbocycles. The minimum atomic E-state index is -5.11. The Bertz CT molecular complexity index is 1630. The van der Waals surface area contributed by atoms with E-state index in [-0.39, 0.29) is 29.9 Å². The second kappa shape index (κ2) is 15.0. The first-order chi connectivity index (χ1) is 25.7. The molecular formula is C47H67F3O5. The van der Waals surface area contributed by atoms with E-state index in [9.17, 15) is 22.8 Å². The highest BCUT2D eigenvalue weighted by Gasteiger charge is 2.70. The fourth-order valence-electron chi connectivity index (χ4n) is 14.7. The molecule has 1 aromatic carbocycles. The highest BCUT2D eigenvalue weighted by Crippen LogP contribution is 2.78. The topological polar surface area (TPSA) is 61.8 Å². The van der Waals surface area contributed by atoms with Gasteiger partial charge in [-0.1, -0.05) is 85.2 Å². The Kier molecular flexibility index (Phi) is 11.5. The van der Waals surface area contributed by atoms with Crippen LogP contribution in [-0.4, -0.2) is 37.9 Å². The predicted octanol–water partition coefficient (Wildman–Crippen LogP) is 11.5. The summed E-state index contributed by atoms with van der Waals surface area (Å²) in [6, 6.07) is 6.79. The van der Waals surface area contributed by atoms with Crippen molar-refractivity contribution in [1.82, 2.24) is 0 Å². The molecule has 5 saturated carbocycles. The van der Waals surface area contributed by atoms with Gasteiger partial charge in [-0.15, -0.1) is 0 Å². The molecule has 306 valence electrons. The summed E-state index contributed by atoms with van der Waals surface area (Å²) in [5.74, 6) is 6.09. The Hall–Kier alpha value is -2.53. The summed E-state index contributed by atoms with van der Waals surface area (Å²) in [4.78, 5) is 25.9. The lowest BCUT2D eigenvalue weighted by Crippen LogP contribution is -2.65. The number of esters is 2. The molecule has 0 N–H and O–H groups in total. The zero-order valence-corrected chi connectivity index (χ0v) is 35.0. The molecule has 0 spiro atoms. The normalized spacial score (nSPS) is 38.7. The molecule has 5 nitrogen and oxygen atoms in total. The van der Waals surface area contributed by atoms with Crippen LogP contribution in [0.25, 0.3) is 0 Å². The van der Waals surface area contributed by atoms with Crippen molar-refractivity contribution >= 4 is 11.9 Å². The van der Waals surface area contributed by atoms with E-state index in [0.29, 0.717) is 45.8 Å². The number of hydrogen-bond donors (Lipinski definition) is 0. The number of methoxy groups -OCH3 is 1. The van der Waals surface area contributed by atoms with Gasteiger partial charge in [-0.25, -0.2) is 9.59 Å².